The maximum absolute atomic E-state index is 11.4. The van der Waals surface area contributed by atoms with E-state index in [0.29, 0.717) is 0 Å². The monoisotopic (exact) mass is 123 g/mol. The third kappa shape index (κ3) is 5.82. The van der Waals surface area contributed by atoms with Crippen LogP contribution in [0.3, 0.4) is 0 Å². The largest absolute Gasteiger partial charge is 0.269 e. The molecule has 0 aliphatic heterocycles. The normalized spacial score (nSPS) is 12.8. The van der Waals surface area contributed by atoms with Crippen LogP contribution in [0.2, 0.25) is 0 Å². The molecule has 0 amide bonds. The lowest BCUT2D eigenvalue weighted by atomic mass is 9.98. The first-order chi connectivity index (χ1) is 3.42. The fraction of sp³-hybridized carbons (Fsp3) is 1.00. The van der Waals surface area contributed by atoms with E-state index in [1.807, 2.05) is 0 Å². The van der Waals surface area contributed by atoms with Crippen LogP contribution >= 0.6 is 0 Å². The smallest absolute Gasteiger partial charge is 0.0543 e. The van der Waals surface area contributed by atoms with Gasteiger partial charge in [-0.25, -0.2) is 0 Å². The molecule has 0 heterocycles. The maximum Gasteiger partial charge on any atom is 0.269 e. The second kappa shape index (κ2) is 2.40. The van der Waals surface area contributed by atoms with Crippen molar-refractivity contribution in [2.75, 3.05) is 6.54 Å². The first-order valence-corrected chi connectivity index (χ1v) is 2.51. The molecule has 0 atom stereocenters. The average molecular weight is 123 g/mol. The van der Waals surface area contributed by atoms with Crippen LogP contribution in [0, 0.1) is 5.41 Å². The number of hydrogen-bond acceptors (Lipinski definition) is 1. The zero-order valence-corrected chi connectivity index (χ0v) is 5.41. The van der Waals surface area contributed by atoms with Gasteiger partial charge in [0.05, 0.1) is 0 Å². The fourth-order valence-corrected chi connectivity index (χ4v) is 0.359. The lowest BCUT2D eigenvalue weighted by molar-refractivity contribution is -0.0603. The van der Waals surface area contributed by atoms with E-state index < -0.39 is 5.34 Å². The SMILES string of the molecule is CC(C)(C)C[N+](F)F. The molecule has 0 unspecified atom stereocenters. The molecule has 0 aromatic carbocycles. The minimum atomic E-state index is -0.792. The molecule has 0 aliphatic carbocycles. The Morgan fingerprint density at radius 3 is 1.62 bits per heavy atom. The van der Waals surface area contributed by atoms with Gasteiger partial charge in [0.25, 0.3) is 5.34 Å². The Morgan fingerprint density at radius 1 is 1.25 bits per heavy atom. The highest BCUT2D eigenvalue weighted by atomic mass is 19.4. The molecule has 0 aromatic heterocycles. The minimum absolute atomic E-state index is 0.174. The molecule has 0 saturated carbocycles. The van der Waals surface area contributed by atoms with Crippen molar-refractivity contribution in [3.05, 3.63) is 0 Å². The maximum atomic E-state index is 11.4. The Kier molecular flexibility index (Phi) is 2.34. The highest BCUT2D eigenvalue weighted by Gasteiger charge is 2.26. The van der Waals surface area contributed by atoms with Crippen molar-refractivity contribution < 1.29 is 8.96 Å². The topological polar surface area (TPSA) is 5.90 Å². The standard InChI is InChI=1S/C5H11F2N/c1-5(2,3)4-8(6)7/h4H2,1-3H3/q+1. The van der Waals surface area contributed by atoms with Gasteiger partial charge in [0, 0.05) is 5.41 Å². The first-order valence-electron chi connectivity index (χ1n) is 2.51. The van der Waals surface area contributed by atoms with E-state index in [4.69, 9.17) is 0 Å². The van der Waals surface area contributed by atoms with E-state index in [0.717, 1.165) is 0 Å². The Balaban J connectivity index is 3.39. The average Bonchev–Trinajstić information content (AvgIpc) is 1.21. The second-order valence-electron chi connectivity index (χ2n) is 3.02. The molecular formula is C5H11F2N+. The molecule has 0 rings (SSSR count). The lowest BCUT2D eigenvalue weighted by Crippen LogP contribution is -2.23. The molecule has 0 fully saturated rings. The second-order valence-corrected chi connectivity index (χ2v) is 3.02. The molecule has 0 aromatic rings. The minimum Gasteiger partial charge on any atom is -0.0543 e. The van der Waals surface area contributed by atoms with Gasteiger partial charge in [-0.2, -0.15) is 0 Å². The Labute approximate surface area is 48.2 Å². The van der Waals surface area contributed by atoms with E-state index >= 15 is 0 Å². The molecule has 3 heteroatoms. The molecule has 0 bridgehead atoms. The van der Waals surface area contributed by atoms with Crippen LogP contribution in [0.25, 0.3) is 0 Å². The van der Waals surface area contributed by atoms with E-state index in [1.54, 1.807) is 20.8 Å². The van der Waals surface area contributed by atoms with Crippen molar-refractivity contribution in [1.29, 1.82) is 0 Å². The van der Waals surface area contributed by atoms with Gasteiger partial charge in [-0.15, -0.1) is 0 Å². The third-order valence-corrected chi connectivity index (χ3v) is 0.594. The van der Waals surface area contributed by atoms with Crippen molar-refractivity contribution in [3.63, 3.8) is 0 Å². The fourth-order valence-electron chi connectivity index (χ4n) is 0.359. The van der Waals surface area contributed by atoms with Crippen LogP contribution in [0.5, 0.6) is 0 Å². The molecule has 0 saturated heterocycles. The van der Waals surface area contributed by atoms with Crippen LogP contribution < -0.4 is 5.34 Å². The van der Waals surface area contributed by atoms with Crippen molar-refractivity contribution in [2.45, 2.75) is 20.8 Å². The zero-order chi connectivity index (χ0) is 6.78. The molecule has 0 N–H and O–H groups in total. The Morgan fingerprint density at radius 2 is 1.62 bits per heavy atom. The lowest BCUT2D eigenvalue weighted by Gasteiger charge is -2.08. The quantitative estimate of drug-likeness (QED) is 0.470. The van der Waals surface area contributed by atoms with Gasteiger partial charge in [0.1, 0.15) is 8.96 Å². The van der Waals surface area contributed by atoms with Gasteiger partial charge in [0.15, 0.2) is 0 Å². The van der Waals surface area contributed by atoms with Gasteiger partial charge in [-0.1, -0.05) is 20.8 Å². The number of hydrogen-bond donors (Lipinski definition) is 0. The van der Waals surface area contributed by atoms with Crippen molar-refractivity contribution in [3.8, 4) is 0 Å². The summed E-state index contributed by atoms with van der Waals surface area (Å²) in [6.07, 6.45) is 0. The Bertz CT molecular complexity index is 65.3. The highest BCUT2D eigenvalue weighted by molar-refractivity contribution is 4.61. The summed E-state index contributed by atoms with van der Waals surface area (Å²) in [5.41, 5.74) is -0.302. The summed E-state index contributed by atoms with van der Waals surface area (Å²) in [6.45, 7) is 5.12. The van der Waals surface area contributed by atoms with Gasteiger partial charge in [0.2, 0.25) is 6.54 Å². The summed E-state index contributed by atoms with van der Waals surface area (Å²) >= 11 is 0. The first kappa shape index (κ1) is 7.82. The highest BCUT2D eigenvalue weighted by Crippen LogP contribution is 2.13. The van der Waals surface area contributed by atoms with E-state index in [9.17, 15) is 8.96 Å². The van der Waals surface area contributed by atoms with Gasteiger partial charge < -0.3 is 0 Å². The summed E-state index contributed by atoms with van der Waals surface area (Å²) in [6, 6.07) is 0. The molecular weight excluding hydrogens is 112 g/mol. The predicted molar refractivity (Wildman–Crippen MR) is 28.7 cm³/mol. The molecule has 0 spiro atoms. The van der Waals surface area contributed by atoms with E-state index in [1.165, 1.54) is 0 Å². The summed E-state index contributed by atoms with van der Waals surface area (Å²) in [5.74, 6) is 0. The van der Waals surface area contributed by atoms with Crippen LogP contribution in [-0.2, 0) is 0 Å². The summed E-state index contributed by atoms with van der Waals surface area (Å²) in [4.78, 5) is 0. The third-order valence-electron chi connectivity index (χ3n) is 0.594. The van der Waals surface area contributed by atoms with Crippen molar-refractivity contribution in [2.24, 2.45) is 5.41 Å². The van der Waals surface area contributed by atoms with E-state index in [2.05, 4.69) is 0 Å². The van der Waals surface area contributed by atoms with Crippen molar-refractivity contribution in [1.82, 2.24) is 5.34 Å². The Hall–Kier alpha value is -0.180. The van der Waals surface area contributed by atoms with Crippen molar-refractivity contribution >= 4 is 0 Å². The predicted octanol–water partition coefficient (Wildman–Crippen LogP) is 1.94. The van der Waals surface area contributed by atoms with E-state index in [-0.39, 0.29) is 12.0 Å². The van der Waals surface area contributed by atoms with Crippen LogP contribution in [0.4, 0.5) is 8.96 Å². The summed E-state index contributed by atoms with van der Waals surface area (Å²) < 4.78 is 22.7. The molecule has 0 aliphatic rings. The van der Waals surface area contributed by atoms with Crippen LogP contribution in [0.15, 0.2) is 0 Å². The number of halogens is 2. The zero-order valence-electron chi connectivity index (χ0n) is 5.41. The van der Waals surface area contributed by atoms with Gasteiger partial charge in [-0.3, -0.25) is 0 Å². The number of rotatable bonds is 1. The van der Waals surface area contributed by atoms with Gasteiger partial charge >= 0.3 is 0 Å². The molecule has 1 nitrogen and oxygen atoms in total. The number of nitrogens with zero attached hydrogens (tertiary/aromatic N) is 1. The van der Waals surface area contributed by atoms with Crippen LogP contribution in [0.1, 0.15) is 20.8 Å². The van der Waals surface area contributed by atoms with Gasteiger partial charge in [-0.05, 0) is 0 Å². The molecule has 49 valence electrons. The molecule has 1 radical (unpaired) electrons. The molecule has 8 heavy (non-hydrogen) atoms. The summed E-state index contributed by atoms with van der Waals surface area (Å²) in [7, 11) is 0. The summed E-state index contributed by atoms with van der Waals surface area (Å²) in [5, 5.41) is -0.792. The van der Waals surface area contributed by atoms with Crippen LogP contribution in [-0.4, -0.2) is 6.54 Å².